The number of carbonyl (C=O) groups is 1. The zero-order valence-electron chi connectivity index (χ0n) is 28.1. The molecule has 2 atom stereocenters. The molecule has 1 amide bonds. The maximum absolute atomic E-state index is 13.9. The van der Waals surface area contributed by atoms with E-state index in [1.165, 1.54) is 57.4 Å². The number of fused-ring (bicyclic) bond motifs is 1. The van der Waals surface area contributed by atoms with Gasteiger partial charge in [0.05, 0.1) is 0 Å². The summed E-state index contributed by atoms with van der Waals surface area (Å²) >= 11 is -2.68. The molecule has 1 fully saturated rings. The normalized spacial score (nSPS) is 19.8. The van der Waals surface area contributed by atoms with Crippen molar-refractivity contribution in [3.8, 4) is 5.75 Å². The molecule has 0 aliphatic carbocycles. The van der Waals surface area contributed by atoms with E-state index in [0.29, 0.717) is 19.2 Å². The van der Waals surface area contributed by atoms with Crippen LogP contribution in [0.15, 0.2) is 12.1 Å². The van der Waals surface area contributed by atoms with Gasteiger partial charge in [-0.2, -0.15) is 0 Å². The summed E-state index contributed by atoms with van der Waals surface area (Å²) in [4.78, 5) is 16.4. The molecule has 0 saturated carbocycles. The first-order chi connectivity index (χ1) is 19.4. The summed E-state index contributed by atoms with van der Waals surface area (Å²) in [5, 5.41) is 3.58. The Kier molecular flexibility index (Phi) is 13.1. The molecule has 0 spiro atoms. The van der Waals surface area contributed by atoms with Gasteiger partial charge in [-0.25, -0.2) is 0 Å². The van der Waals surface area contributed by atoms with Crippen molar-refractivity contribution < 1.29 is 14.0 Å². The monoisotopic (exact) mass is 694 g/mol. The van der Waals surface area contributed by atoms with Crippen LogP contribution in [0.4, 0.5) is 0 Å². The molecule has 1 saturated heterocycles. The van der Waals surface area contributed by atoms with Gasteiger partial charge in [0.25, 0.3) is 0 Å². The summed E-state index contributed by atoms with van der Waals surface area (Å²) in [5.41, 5.74) is 2.08. The van der Waals surface area contributed by atoms with Gasteiger partial charge in [-0.3, -0.25) is 0 Å². The van der Waals surface area contributed by atoms with Crippen molar-refractivity contribution in [1.29, 1.82) is 0 Å². The number of nitrogens with zero attached hydrogens (tertiary/aromatic N) is 1. The van der Waals surface area contributed by atoms with E-state index in [0.717, 1.165) is 37.2 Å². The molecule has 7 heteroatoms. The molecule has 1 N–H and O–H groups in total. The second-order valence-electron chi connectivity index (χ2n) is 14.4. The number of carbonyl (C=O) groups excluding carboxylic acids is 1. The van der Waals surface area contributed by atoms with Crippen molar-refractivity contribution >= 4 is 36.2 Å². The third-order valence-electron chi connectivity index (χ3n) is 10.3. The number of ether oxygens (including phenoxy) is 1. The number of hydrogen-bond acceptors (Lipinski definition) is 4. The van der Waals surface area contributed by atoms with E-state index in [-0.39, 0.29) is 17.0 Å². The zero-order chi connectivity index (χ0) is 30.3. The summed E-state index contributed by atoms with van der Waals surface area (Å²) in [7, 11) is -1.83. The Labute approximate surface area is 257 Å². The summed E-state index contributed by atoms with van der Waals surface area (Å²) in [6.45, 7) is 24.1. The van der Waals surface area contributed by atoms with Gasteiger partial charge in [-0.05, 0) is 0 Å². The molecule has 0 radical (unpaired) electrons. The molecule has 0 aromatic heterocycles. The van der Waals surface area contributed by atoms with Gasteiger partial charge in [0.15, 0.2) is 0 Å². The van der Waals surface area contributed by atoms with Crippen LogP contribution in [0.5, 0.6) is 5.75 Å². The van der Waals surface area contributed by atoms with Crippen molar-refractivity contribution in [1.82, 2.24) is 10.2 Å². The van der Waals surface area contributed by atoms with E-state index < -0.39 is 26.7 Å². The van der Waals surface area contributed by atoms with Crippen molar-refractivity contribution in [2.24, 2.45) is 0 Å². The fourth-order valence-electron chi connectivity index (χ4n) is 6.66. The topological polar surface area (TPSA) is 50.8 Å². The zero-order valence-corrected chi connectivity index (χ0v) is 31.9. The molecule has 234 valence electrons. The van der Waals surface area contributed by atoms with Gasteiger partial charge in [0, 0.05) is 0 Å². The van der Waals surface area contributed by atoms with E-state index >= 15 is 0 Å². The molecule has 1 aromatic rings. The first-order valence-corrected chi connectivity index (χ1v) is 27.3. The molecule has 41 heavy (non-hydrogen) atoms. The predicted octanol–water partition coefficient (Wildman–Crippen LogP) is 7.89. The Morgan fingerprint density at radius 1 is 1.05 bits per heavy atom. The fourth-order valence-corrected chi connectivity index (χ4v) is 24.1. The van der Waals surface area contributed by atoms with E-state index in [1.54, 1.807) is 3.58 Å². The minimum absolute atomic E-state index is 0.0523. The average molecular weight is 694 g/mol. The van der Waals surface area contributed by atoms with Crippen molar-refractivity contribution in [3.05, 3.63) is 23.3 Å². The first kappa shape index (κ1) is 34.9. The third kappa shape index (κ3) is 8.75. The Morgan fingerprint density at radius 2 is 1.66 bits per heavy atom. The van der Waals surface area contributed by atoms with Gasteiger partial charge >= 0.3 is 238 Å². The Hall–Kier alpha value is -0.574. The van der Waals surface area contributed by atoms with E-state index in [4.69, 9.17) is 9.16 Å². The number of amides is 1. The van der Waals surface area contributed by atoms with E-state index in [9.17, 15) is 4.79 Å². The van der Waals surface area contributed by atoms with Gasteiger partial charge in [-0.1, -0.05) is 20.8 Å². The number of benzene rings is 1. The maximum atomic E-state index is 13.9. The van der Waals surface area contributed by atoms with Gasteiger partial charge in [-0.15, -0.1) is 0 Å². The molecular weight excluding hydrogens is 631 g/mol. The number of likely N-dealkylation sites (tertiary alicyclic amines) is 1. The van der Waals surface area contributed by atoms with Crippen LogP contribution >= 0.6 is 0 Å². The molecule has 3 rings (SSSR count). The second kappa shape index (κ2) is 15.4. The standard InChI is InChI=1S/C22H35N2O3Si.3C4H9.Sn/c1-7-24-15-18(27-28(5,6)22(2,3)4)13-17(24)14-23-21(25)19-10-8-9-16-11-12-26-20(16)19;3*1-3-4-2;/h9-10,17-18H,7,11-15H2,1-6H3,(H,23,25);3*1,3-4H2,2H3;/t17-,18+;;;;/m0..../s1. The molecular formula is C34H62N2O3SiSn. The van der Waals surface area contributed by atoms with E-state index in [1.807, 2.05) is 0 Å². The van der Waals surface area contributed by atoms with Crippen molar-refractivity contribution in [2.45, 2.75) is 143 Å². The number of rotatable bonds is 16. The van der Waals surface area contributed by atoms with Crippen LogP contribution < -0.4 is 13.6 Å². The number of likely N-dealkylation sites (N-methyl/N-ethyl adjacent to an activating group) is 1. The summed E-state index contributed by atoms with van der Waals surface area (Å²) in [6.07, 6.45) is 9.91. The van der Waals surface area contributed by atoms with Gasteiger partial charge < -0.3 is 0 Å². The quantitative estimate of drug-likeness (QED) is 0.179. The molecule has 2 heterocycles. The SMILES string of the molecule is CCC[CH2][Sn]([CH2]CCC)([CH2]CCC)[c]1cc2c(c(C(=O)NC[C@@H]3C[C@@H](O[Si](C)(C)C(C)(C)C)CN3CC)c1)OCC2. The average Bonchev–Trinajstić information content (AvgIpc) is 3.56. The minimum atomic E-state index is -2.68. The molecule has 5 nitrogen and oxygen atoms in total. The fraction of sp³-hybridized carbons (Fsp3) is 0.794. The second-order valence-corrected chi connectivity index (χ2v) is 32.4. The van der Waals surface area contributed by atoms with Crippen LogP contribution in [0.3, 0.4) is 0 Å². The van der Waals surface area contributed by atoms with Crippen LogP contribution in [-0.4, -0.2) is 75.9 Å². The van der Waals surface area contributed by atoms with E-state index in [2.05, 4.69) is 83.9 Å². The van der Waals surface area contributed by atoms with Crippen LogP contribution in [0.1, 0.15) is 109 Å². The number of unbranched alkanes of at least 4 members (excludes halogenated alkanes) is 3. The van der Waals surface area contributed by atoms with Crippen LogP contribution in [-0.2, 0) is 10.8 Å². The summed E-state index contributed by atoms with van der Waals surface area (Å²) < 4.78 is 18.7. The molecule has 2 aliphatic rings. The molecule has 2 aliphatic heterocycles. The molecule has 0 unspecified atom stereocenters. The Balaban J connectivity index is 1.82. The third-order valence-corrected chi connectivity index (χ3v) is 30.4. The van der Waals surface area contributed by atoms with Crippen LogP contribution in [0.25, 0.3) is 0 Å². The summed E-state index contributed by atoms with van der Waals surface area (Å²) in [6, 6.07) is 5.12. The van der Waals surface area contributed by atoms with Gasteiger partial charge in [0.2, 0.25) is 0 Å². The predicted molar refractivity (Wildman–Crippen MR) is 180 cm³/mol. The van der Waals surface area contributed by atoms with Crippen molar-refractivity contribution in [2.75, 3.05) is 26.2 Å². The molecule has 1 aromatic carbocycles. The first-order valence-electron chi connectivity index (χ1n) is 16.9. The van der Waals surface area contributed by atoms with Crippen molar-refractivity contribution in [3.63, 3.8) is 0 Å². The number of nitrogens with one attached hydrogen (secondary N) is 1. The van der Waals surface area contributed by atoms with Crippen LogP contribution in [0.2, 0.25) is 31.4 Å². The Bertz CT molecular complexity index is 971. The van der Waals surface area contributed by atoms with Gasteiger partial charge in [0.1, 0.15) is 0 Å². The van der Waals surface area contributed by atoms with Crippen LogP contribution in [0, 0.1) is 0 Å². The Morgan fingerprint density at radius 3 is 2.20 bits per heavy atom. The molecule has 0 bridgehead atoms. The summed E-state index contributed by atoms with van der Waals surface area (Å²) in [5.74, 6) is 0.905. The number of hydrogen-bond donors (Lipinski definition) is 1.